The molecule has 2 aromatic rings. The maximum Gasteiger partial charge on any atom is 0.316 e. The molecule has 0 fully saturated rings. The van der Waals surface area contributed by atoms with Crippen LogP contribution in [0.2, 0.25) is 0 Å². The summed E-state index contributed by atoms with van der Waals surface area (Å²) in [4.78, 5) is 33.8. The number of halogens is 3. The van der Waals surface area contributed by atoms with Crippen molar-refractivity contribution >= 4 is 35.0 Å². The van der Waals surface area contributed by atoms with Crippen LogP contribution in [0.4, 0.5) is 24.5 Å². The van der Waals surface area contributed by atoms with Crippen LogP contribution in [0.3, 0.4) is 0 Å². The SMILES string of the molecule is O=C(COC(=O)CSc1ccc([N+](=O)[O-])cc1)Nc1ccc(F)c(F)c1F. The highest BCUT2D eigenvalue weighted by Gasteiger charge is 2.16. The zero-order valence-corrected chi connectivity index (χ0v) is 14.2. The molecule has 2 aromatic carbocycles. The number of carbonyl (C=O) groups is 2. The second kappa shape index (κ2) is 9.03. The first-order chi connectivity index (χ1) is 12.8. The number of benzene rings is 2. The molecule has 0 saturated heterocycles. The lowest BCUT2D eigenvalue weighted by atomic mass is 10.3. The first kappa shape index (κ1) is 20.2. The van der Waals surface area contributed by atoms with E-state index in [1.165, 1.54) is 24.3 Å². The molecular formula is C16H11F3N2O5S. The summed E-state index contributed by atoms with van der Waals surface area (Å²) >= 11 is 1.03. The summed E-state index contributed by atoms with van der Waals surface area (Å²) in [5.74, 6) is -6.58. The molecule has 0 aromatic heterocycles. The van der Waals surface area contributed by atoms with Gasteiger partial charge in [-0.2, -0.15) is 0 Å². The van der Waals surface area contributed by atoms with Gasteiger partial charge in [0, 0.05) is 17.0 Å². The molecule has 0 radical (unpaired) electrons. The van der Waals surface area contributed by atoms with Gasteiger partial charge in [0.15, 0.2) is 24.1 Å². The van der Waals surface area contributed by atoms with E-state index >= 15 is 0 Å². The predicted molar refractivity (Wildman–Crippen MR) is 89.7 cm³/mol. The fourth-order valence-electron chi connectivity index (χ4n) is 1.80. The van der Waals surface area contributed by atoms with Crippen molar-refractivity contribution in [1.82, 2.24) is 0 Å². The molecule has 0 unspecified atom stereocenters. The molecule has 142 valence electrons. The first-order valence-corrected chi connectivity index (χ1v) is 8.22. The third kappa shape index (κ3) is 5.71. The van der Waals surface area contributed by atoms with Crippen LogP contribution >= 0.6 is 11.8 Å². The number of amides is 1. The maximum atomic E-state index is 13.4. The summed E-state index contributed by atoms with van der Waals surface area (Å²) in [6, 6.07) is 6.93. The van der Waals surface area contributed by atoms with Crippen molar-refractivity contribution < 1.29 is 32.4 Å². The number of hydrogen-bond acceptors (Lipinski definition) is 6. The third-order valence-electron chi connectivity index (χ3n) is 3.08. The van der Waals surface area contributed by atoms with Gasteiger partial charge in [-0.05, 0) is 24.3 Å². The van der Waals surface area contributed by atoms with Gasteiger partial charge >= 0.3 is 5.97 Å². The number of nitro benzene ring substituents is 1. The summed E-state index contributed by atoms with van der Waals surface area (Å²) in [6.45, 7) is -0.752. The van der Waals surface area contributed by atoms with E-state index in [1.807, 2.05) is 5.32 Å². The summed E-state index contributed by atoms with van der Waals surface area (Å²) in [6.07, 6.45) is 0. The van der Waals surface area contributed by atoms with E-state index in [2.05, 4.69) is 4.74 Å². The van der Waals surface area contributed by atoms with Gasteiger partial charge in [0.1, 0.15) is 0 Å². The molecule has 2 rings (SSSR count). The fraction of sp³-hybridized carbons (Fsp3) is 0.125. The number of rotatable bonds is 7. The highest BCUT2D eigenvalue weighted by molar-refractivity contribution is 8.00. The Balaban J connectivity index is 1.79. The van der Waals surface area contributed by atoms with Crippen molar-refractivity contribution in [2.45, 2.75) is 4.90 Å². The van der Waals surface area contributed by atoms with Gasteiger partial charge in [-0.3, -0.25) is 19.7 Å². The van der Waals surface area contributed by atoms with E-state index in [4.69, 9.17) is 0 Å². The molecule has 1 N–H and O–H groups in total. The first-order valence-electron chi connectivity index (χ1n) is 7.24. The van der Waals surface area contributed by atoms with Gasteiger partial charge < -0.3 is 10.1 Å². The Kier molecular flexibility index (Phi) is 6.77. The van der Waals surface area contributed by atoms with Gasteiger partial charge in [0.05, 0.1) is 16.4 Å². The molecule has 27 heavy (non-hydrogen) atoms. The van der Waals surface area contributed by atoms with Crippen LogP contribution < -0.4 is 5.32 Å². The average Bonchev–Trinajstić information content (AvgIpc) is 2.65. The second-order valence-corrected chi connectivity index (χ2v) is 6.02. The van der Waals surface area contributed by atoms with E-state index in [-0.39, 0.29) is 11.4 Å². The third-order valence-corrected chi connectivity index (χ3v) is 4.06. The molecule has 0 atom stereocenters. The van der Waals surface area contributed by atoms with Gasteiger partial charge in [0.2, 0.25) is 0 Å². The van der Waals surface area contributed by atoms with Crippen molar-refractivity contribution in [3.05, 3.63) is 64.0 Å². The minimum atomic E-state index is -1.73. The van der Waals surface area contributed by atoms with Gasteiger partial charge in [-0.1, -0.05) is 0 Å². The van der Waals surface area contributed by atoms with Gasteiger partial charge in [-0.25, -0.2) is 13.2 Å². The number of nitrogens with one attached hydrogen (secondary N) is 1. The zero-order chi connectivity index (χ0) is 20.0. The number of ether oxygens (including phenoxy) is 1. The Hall–Kier alpha value is -3.08. The summed E-state index contributed by atoms with van der Waals surface area (Å²) in [7, 11) is 0. The molecule has 0 bridgehead atoms. The minimum Gasteiger partial charge on any atom is -0.455 e. The van der Waals surface area contributed by atoms with Crippen LogP contribution in [-0.4, -0.2) is 29.2 Å². The molecule has 0 aliphatic rings. The largest absolute Gasteiger partial charge is 0.455 e. The molecule has 0 aliphatic carbocycles. The molecule has 7 nitrogen and oxygen atoms in total. The van der Waals surface area contributed by atoms with Gasteiger partial charge in [0.25, 0.3) is 11.6 Å². The van der Waals surface area contributed by atoms with Crippen molar-refractivity contribution in [1.29, 1.82) is 0 Å². The lowest BCUT2D eigenvalue weighted by Crippen LogP contribution is -2.22. The van der Waals surface area contributed by atoms with E-state index in [0.29, 0.717) is 11.0 Å². The van der Waals surface area contributed by atoms with Crippen LogP contribution in [0.15, 0.2) is 41.3 Å². The summed E-state index contributed by atoms with van der Waals surface area (Å²) < 4.78 is 44.0. The Morgan fingerprint density at radius 3 is 2.37 bits per heavy atom. The number of nitrogens with zero attached hydrogens (tertiary/aromatic N) is 1. The normalized spacial score (nSPS) is 10.3. The highest BCUT2D eigenvalue weighted by atomic mass is 32.2. The van der Waals surface area contributed by atoms with E-state index in [0.717, 1.165) is 17.8 Å². The lowest BCUT2D eigenvalue weighted by molar-refractivity contribution is -0.384. The lowest BCUT2D eigenvalue weighted by Gasteiger charge is -2.08. The highest BCUT2D eigenvalue weighted by Crippen LogP contribution is 2.22. The predicted octanol–water partition coefficient (Wildman–Crippen LogP) is 3.29. The minimum absolute atomic E-state index is 0.0944. The van der Waals surface area contributed by atoms with Crippen LogP contribution in [-0.2, 0) is 14.3 Å². The molecule has 1 amide bonds. The van der Waals surface area contributed by atoms with Crippen molar-refractivity contribution in [2.24, 2.45) is 0 Å². The van der Waals surface area contributed by atoms with Crippen LogP contribution in [0.5, 0.6) is 0 Å². The topological polar surface area (TPSA) is 98.5 Å². The number of carbonyl (C=O) groups excluding carboxylic acids is 2. The summed E-state index contributed by atoms with van der Waals surface area (Å²) in [5, 5.41) is 12.5. The monoisotopic (exact) mass is 400 g/mol. The molecular weight excluding hydrogens is 389 g/mol. The zero-order valence-electron chi connectivity index (χ0n) is 13.4. The summed E-state index contributed by atoms with van der Waals surface area (Å²) in [5.41, 5.74) is -0.682. The van der Waals surface area contributed by atoms with Gasteiger partial charge in [-0.15, -0.1) is 11.8 Å². The van der Waals surface area contributed by atoms with E-state index in [1.54, 1.807) is 0 Å². The average molecular weight is 400 g/mol. The maximum absolute atomic E-state index is 13.4. The van der Waals surface area contributed by atoms with Crippen LogP contribution in [0.1, 0.15) is 0 Å². The fourth-order valence-corrected chi connectivity index (χ4v) is 2.50. The second-order valence-electron chi connectivity index (χ2n) is 4.97. The Morgan fingerprint density at radius 2 is 1.74 bits per heavy atom. The van der Waals surface area contributed by atoms with Crippen LogP contribution in [0, 0.1) is 27.6 Å². The smallest absolute Gasteiger partial charge is 0.316 e. The number of nitro groups is 1. The number of thioether (sulfide) groups is 1. The standard InChI is InChI=1S/C16H11F3N2O5S/c17-11-5-6-12(16(19)15(11)18)20-13(22)7-26-14(23)8-27-10-3-1-9(2-4-10)21(24)25/h1-6H,7-8H2,(H,20,22). The quantitative estimate of drug-likeness (QED) is 0.252. The van der Waals surface area contributed by atoms with Crippen molar-refractivity contribution in [3.8, 4) is 0 Å². The molecule has 0 spiro atoms. The number of hydrogen-bond donors (Lipinski definition) is 1. The Labute approximate surface area is 154 Å². The van der Waals surface area contributed by atoms with Crippen LogP contribution in [0.25, 0.3) is 0 Å². The van der Waals surface area contributed by atoms with E-state index in [9.17, 15) is 32.9 Å². The Bertz CT molecular complexity index is 877. The number of non-ortho nitro benzene ring substituents is 1. The molecule has 0 aliphatic heterocycles. The molecule has 0 heterocycles. The number of anilines is 1. The molecule has 11 heteroatoms. The van der Waals surface area contributed by atoms with E-state index < -0.39 is 46.5 Å². The number of esters is 1. The Morgan fingerprint density at radius 1 is 1.07 bits per heavy atom. The molecule has 0 saturated carbocycles. The van der Waals surface area contributed by atoms with Crippen molar-refractivity contribution in [2.75, 3.05) is 17.7 Å². The van der Waals surface area contributed by atoms with Crippen molar-refractivity contribution in [3.63, 3.8) is 0 Å².